The molecule has 1 aliphatic heterocycles. The summed E-state index contributed by atoms with van der Waals surface area (Å²) < 4.78 is 0. The van der Waals surface area contributed by atoms with Crippen LogP contribution in [-0.2, 0) is 9.59 Å². The normalized spacial score (nSPS) is 19.1. The van der Waals surface area contributed by atoms with Crippen molar-refractivity contribution in [3.63, 3.8) is 0 Å². The van der Waals surface area contributed by atoms with Crippen molar-refractivity contribution in [1.29, 1.82) is 0 Å². The van der Waals surface area contributed by atoms with E-state index in [4.69, 9.17) is 0 Å². The number of aliphatic hydroxyl groups excluding tert-OH is 1. The zero-order chi connectivity index (χ0) is 19.4. The zero-order valence-electron chi connectivity index (χ0n) is 15.4. The van der Waals surface area contributed by atoms with Crippen LogP contribution in [0, 0.1) is 0 Å². The van der Waals surface area contributed by atoms with E-state index < -0.39 is 17.7 Å². The first-order valence-electron chi connectivity index (χ1n) is 8.74. The van der Waals surface area contributed by atoms with E-state index in [0.29, 0.717) is 24.1 Å². The van der Waals surface area contributed by atoms with Gasteiger partial charge in [-0.1, -0.05) is 6.07 Å². The second-order valence-electron chi connectivity index (χ2n) is 6.67. The molecule has 1 fully saturated rings. The van der Waals surface area contributed by atoms with Gasteiger partial charge in [0.05, 0.1) is 11.6 Å². The summed E-state index contributed by atoms with van der Waals surface area (Å²) >= 11 is 0. The molecule has 2 aromatic rings. The van der Waals surface area contributed by atoms with Crippen LogP contribution in [0.15, 0.2) is 54.6 Å². The van der Waals surface area contributed by atoms with Crippen LogP contribution in [0.25, 0.3) is 5.76 Å². The summed E-state index contributed by atoms with van der Waals surface area (Å²) in [5.74, 6) is -1.47. The number of carbonyl (C=O) groups excluding carboxylic acids is 2. The molecule has 1 amide bonds. The van der Waals surface area contributed by atoms with Crippen LogP contribution in [0.4, 0.5) is 0 Å². The molecule has 0 saturated carbocycles. The second kappa shape index (κ2) is 8.09. The predicted molar refractivity (Wildman–Crippen MR) is 101 cm³/mol. The van der Waals surface area contributed by atoms with Crippen molar-refractivity contribution in [3.05, 3.63) is 65.8 Å². The molecule has 0 unspecified atom stereocenters. The topological polar surface area (TPSA) is 86.6 Å². The van der Waals surface area contributed by atoms with E-state index in [-0.39, 0.29) is 11.3 Å². The molecule has 0 aliphatic carbocycles. The van der Waals surface area contributed by atoms with E-state index in [1.165, 1.54) is 17.3 Å². The number of rotatable bonds is 6. The number of aromatic nitrogens is 2. The lowest BCUT2D eigenvalue weighted by atomic mass is 9.96. The number of amides is 1. The molecule has 1 atom stereocenters. The van der Waals surface area contributed by atoms with Gasteiger partial charge in [0.25, 0.3) is 11.7 Å². The molecule has 0 aromatic carbocycles. The zero-order valence-corrected chi connectivity index (χ0v) is 15.4. The summed E-state index contributed by atoms with van der Waals surface area (Å²) in [5, 5.41) is 10.8. The molecule has 1 saturated heterocycles. The Bertz CT molecular complexity index is 850. The van der Waals surface area contributed by atoms with Crippen molar-refractivity contribution in [1.82, 2.24) is 19.8 Å². The van der Waals surface area contributed by atoms with E-state index >= 15 is 0 Å². The van der Waals surface area contributed by atoms with Gasteiger partial charge in [-0.05, 0) is 50.8 Å². The first-order chi connectivity index (χ1) is 13.0. The molecule has 0 radical (unpaired) electrons. The fourth-order valence-electron chi connectivity index (χ4n) is 3.22. The molecule has 7 nitrogen and oxygen atoms in total. The SMILES string of the molecule is CN(C)CCCN1C(=O)C(=O)/C(=C(\O)c2ccncc2)[C@H]1c1cccnc1. The van der Waals surface area contributed by atoms with E-state index in [2.05, 4.69) is 9.97 Å². The van der Waals surface area contributed by atoms with E-state index in [0.717, 1.165) is 6.54 Å². The minimum absolute atomic E-state index is 0.0871. The van der Waals surface area contributed by atoms with Crippen LogP contribution in [0.5, 0.6) is 0 Å². The standard InChI is InChI=1S/C20H22N4O3/c1-23(2)11-4-12-24-17(15-5-3-8-22-13-15)16(19(26)20(24)27)18(25)14-6-9-21-10-7-14/h3,5-10,13,17,25H,4,11-12H2,1-2H3/b18-16-/t17-/m1/s1. The maximum absolute atomic E-state index is 12.8. The van der Waals surface area contributed by atoms with Crippen molar-refractivity contribution < 1.29 is 14.7 Å². The van der Waals surface area contributed by atoms with E-state index in [1.807, 2.05) is 25.1 Å². The molecule has 7 heteroatoms. The first kappa shape index (κ1) is 18.7. The van der Waals surface area contributed by atoms with Crippen molar-refractivity contribution in [2.75, 3.05) is 27.2 Å². The van der Waals surface area contributed by atoms with Gasteiger partial charge in [-0.3, -0.25) is 19.6 Å². The van der Waals surface area contributed by atoms with Gasteiger partial charge < -0.3 is 14.9 Å². The van der Waals surface area contributed by atoms with Crippen molar-refractivity contribution in [3.8, 4) is 0 Å². The molecule has 3 heterocycles. The minimum Gasteiger partial charge on any atom is -0.507 e. The van der Waals surface area contributed by atoms with Crippen LogP contribution in [0.1, 0.15) is 23.6 Å². The van der Waals surface area contributed by atoms with Crippen molar-refractivity contribution in [2.45, 2.75) is 12.5 Å². The van der Waals surface area contributed by atoms with Crippen LogP contribution in [0.2, 0.25) is 0 Å². The number of nitrogens with zero attached hydrogens (tertiary/aromatic N) is 4. The summed E-state index contributed by atoms with van der Waals surface area (Å²) in [5.41, 5.74) is 1.23. The highest BCUT2D eigenvalue weighted by Gasteiger charge is 2.45. The number of pyridine rings is 2. The number of likely N-dealkylation sites (tertiary alicyclic amines) is 1. The molecule has 140 valence electrons. The number of hydrogen-bond donors (Lipinski definition) is 1. The smallest absolute Gasteiger partial charge is 0.295 e. The Labute approximate surface area is 158 Å². The molecule has 1 N–H and O–H groups in total. The molecule has 3 rings (SSSR count). The van der Waals surface area contributed by atoms with Gasteiger partial charge in [0.15, 0.2) is 0 Å². The Morgan fingerprint density at radius 1 is 1.15 bits per heavy atom. The fourth-order valence-corrected chi connectivity index (χ4v) is 3.22. The summed E-state index contributed by atoms with van der Waals surface area (Å²) in [6.45, 7) is 1.20. The van der Waals surface area contributed by atoms with Gasteiger partial charge >= 0.3 is 0 Å². The summed E-state index contributed by atoms with van der Waals surface area (Å²) in [7, 11) is 3.91. The average molecular weight is 366 g/mol. The molecule has 0 bridgehead atoms. The Morgan fingerprint density at radius 2 is 1.89 bits per heavy atom. The summed E-state index contributed by atoms with van der Waals surface area (Å²) in [4.78, 5) is 37.0. The van der Waals surface area contributed by atoms with Crippen molar-refractivity contribution >= 4 is 17.4 Å². The Balaban J connectivity index is 2.05. The molecule has 1 aliphatic rings. The third-order valence-corrected chi connectivity index (χ3v) is 4.50. The maximum Gasteiger partial charge on any atom is 0.295 e. The molecule has 0 spiro atoms. The molecule has 2 aromatic heterocycles. The van der Waals surface area contributed by atoms with Gasteiger partial charge in [0.2, 0.25) is 0 Å². The Hall–Kier alpha value is -3.06. The lowest BCUT2D eigenvalue weighted by Gasteiger charge is -2.25. The van der Waals surface area contributed by atoms with Crippen LogP contribution >= 0.6 is 0 Å². The third-order valence-electron chi connectivity index (χ3n) is 4.50. The number of aliphatic hydroxyl groups is 1. The van der Waals surface area contributed by atoms with Crippen LogP contribution in [-0.4, -0.2) is 63.7 Å². The van der Waals surface area contributed by atoms with Crippen LogP contribution in [0.3, 0.4) is 0 Å². The fraction of sp³-hybridized carbons (Fsp3) is 0.300. The highest BCUT2D eigenvalue weighted by Crippen LogP contribution is 2.38. The Morgan fingerprint density at radius 3 is 2.52 bits per heavy atom. The predicted octanol–water partition coefficient (Wildman–Crippen LogP) is 1.85. The molecular weight excluding hydrogens is 344 g/mol. The van der Waals surface area contributed by atoms with Gasteiger partial charge in [0.1, 0.15) is 5.76 Å². The van der Waals surface area contributed by atoms with E-state index in [1.54, 1.807) is 30.6 Å². The van der Waals surface area contributed by atoms with E-state index in [9.17, 15) is 14.7 Å². The monoisotopic (exact) mass is 366 g/mol. The highest BCUT2D eigenvalue weighted by molar-refractivity contribution is 6.46. The number of hydrogen-bond acceptors (Lipinski definition) is 6. The summed E-state index contributed by atoms with van der Waals surface area (Å²) in [6, 6.07) is 6.11. The maximum atomic E-state index is 12.8. The number of ketones is 1. The number of carbonyl (C=O) groups is 2. The van der Waals surface area contributed by atoms with Gasteiger partial charge in [0, 0.05) is 36.9 Å². The van der Waals surface area contributed by atoms with Crippen molar-refractivity contribution in [2.24, 2.45) is 0 Å². The minimum atomic E-state index is -0.678. The largest absolute Gasteiger partial charge is 0.507 e. The first-order valence-corrected chi connectivity index (χ1v) is 8.74. The second-order valence-corrected chi connectivity index (χ2v) is 6.67. The van der Waals surface area contributed by atoms with Gasteiger partial charge in [-0.15, -0.1) is 0 Å². The molecular formula is C20H22N4O3. The van der Waals surface area contributed by atoms with Gasteiger partial charge in [-0.25, -0.2) is 0 Å². The molecule has 27 heavy (non-hydrogen) atoms. The van der Waals surface area contributed by atoms with Crippen LogP contribution < -0.4 is 0 Å². The van der Waals surface area contributed by atoms with Gasteiger partial charge in [-0.2, -0.15) is 0 Å². The quantitative estimate of drug-likeness (QED) is 0.477. The lowest BCUT2D eigenvalue weighted by Crippen LogP contribution is -2.32. The number of Topliss-reactive ketones (excluding diaryl/α,β-unsaturated/α-hetero) is 1. The lowest BCUT2D eigenvalue weighted by molar-refractivity contribution is -0.139. The Kier molecular flexibility index (Phi) is 5.61. The average Bonchev–Trinajstić information content (AvgIpc) is 2.93. The summed E-state index contributed by atoms with van der Waals surface area (Å²) in [6.07, 6.45) is 7.02. The highest BCUT2D eigenvalue weighted by atomic mass is 16.3. The third kappa shape index (κ3) is 3.88.